The summed E-state index contributed by atoms with van der Waals surface area (Å²) in [4.78, 5) is 0. The highest BCUT2D eigenvalue weighted by Gasteiger charge is 2.22. The van der Waals surface area contributed by atoms with Gasteiger partial charge in [-0.2, -0.15) is 0 Å². The van der Waals surface area contributed by atoms with E-state index in [1.54, 1.807) is 6.92 Å². The lowest BCUT2D eigenvalue weighted by atomic mass is 9.91. The Morgan fingerprint density at radius 3 is 1.95 bits per heavy atom. The fourth-order valence-electron chi connectivity index (χ4n) is 1.99. The molecule has 0 radical (unpaired) electrons. The molecule has 0 aliphatic rings. The molecule has 0 aliphatic carbocycles. The summed E-state index contributed by atoms with van der Waals surface area (Å²) in [6, 6.07) is 15.6. The van der Waals surface area contributed by atoms with Crippen LogP contribution < -0.4 is 0 Å². The minimum Gasteiger partial charge on any atom is -0.385 e. The molecule has 0 saturated carbocycles. The van der Waals surface area contributed by atoms with Gasteiger partial charge in [-0.25, -0.2) is 0 Å². The maximum absolute atomic E-state index is 12.4. The van der Waals surface area contributed by atoms with Gasteiger partial charge in [0.05, 0.1) is 12.3 Å². The molecule has 1 atom stereocenters. The van der Waals surface area contributed by atoms with Crippen LogP contribution in [0.4, 0.5) is 4.39 Å². The van der Waals surface area contributed by atoms with Gasteiger partial charge in [0.1, 0.15) is 0 Å². The molecule has 1 N–H and O–H groups in total. The van der Waals surface area contributed by atoms with Crippen LogP contribution in [0.1, 0.15) is 18.9 Å². The van der Waals surface area contributed by atoms with Crippen LogP contribution in [0.5, 0.6) is 0 Å². The fourth-order valence-corrected chi connectivity index (χ4v) is 2.26. The summed E-state index contributed by atoms with van der Waals surface area (Å²) in [6.07, 6.45) is 0.116. The third-order valence-corrected chi connectivity index (χ3v) is 3.79. The third kappa shape index (κ3) is 3.43. The second-order valence-corrected chi connectivity index (χ2v) is 5.71. The van der Waals surface area contributed by atoms with Gasteiger partial charge in [0.15, 0.2) is 0 Å². The van der Waals surface area contributed by atoms with Crippen LogP contribution in [0.25, 0.3) is 11.1 Å². The molecule has 0 spiro atoms. The summed E-state index contributed by atoms with van der Waals surface area (Å²) >= 11 is 3.40. The summed E-state index contributed by atoms with van der Waals surface area (Å²) in [6.45, 7) is 1.11. The first-order valence-electron chi connectivity index (χ1n) is 6.18. The van der Waals surface area contributed by atoms with E-state index >= 15 is 0 Å². The molecule has 2 aromatic carbocycles. The molecule has 0 saturated heterocycles. The topological polar surface area (TPSA) is 20.2 Å². The Morgan fingerprint density at radius 2 is 1.47 bits per heavy atom. The van der Waals surface area contributed by atoms with E-state index in [1.165, 1.54) is 0 Å². The lowest BCUT2D eigenvalue weighted by Crippen LogP contribution is -2.21. The first-order valence-corrected chi connectivity index (χ1v) is 6.97. The molecular formula is C16H16BrFO. The van der Waals surface area contributed by atoms with Gasteiger partial charge >= 0.3 is 0 Å². The van der Waals surface area contributed by atoms with E-state index in [0.29, 0.717) is 0 Å². The molecule has 0 aliphatic heterocycles. The smallest absolute Gasteiger partial charge is 0.0925 e. The first-order chi connectivity index (χ1) is 9.03. The zero-order valence-electron chi connectivity index (χ0n) is 10.7. The molecule has 19 heavy (non-hydrogen) atoms. The summed E-state index contributed by atoms with van der Waals surface area (Å²) in [5.41, 5.74) is 1.82. The molecular weight excluding hydrogens is 307 g/mol. The second-order valence-electron chi connectivity index (χ2n) is 4.80. The van der Waals surface area contributed by atoms with Crippen molar-refractivity contribution < 1.29 is 9.50 Å². The van der Waals surface area contributed by atoms with Gasteiger partial charge in [-0.05, 0) is 35.7 Å². The molecule has 0 aromatic heterocycles. The number of hydrogen-bond donors (Lipinski definition) is 1. The molecule has 2 rings (SSSR count). The van der Waals surface area contributed by atoms with Crippen LogP contribution >= 0.6 is 15.9 Å². The number of rotatable bonds is 4. The predicted molar refractivity (Wildman–Crippen MR) is 79.7 cm³/mol. The molecule has 0 bridgehead atoms. The number of benzene rings is 2. The number of aliphatic hydroxyl groups is 1. The van der Waals surface area contributed by atoms with Crippen LogP contribution in [-0.2, 0) is 5.60 Å². The van der Waals surface area contributed by atoms with E-state index in [-0.39, 0.29) is 6.42 Å². The van der Waals surface area contributed by atoms with Gasteiger partial charge < -0.3 is 5.11 Å². The van der Waals surface area contributed by atoms with E-state index in [2.05, 4.69) is 15.9 Å². The van der Waals surface area contributed by atoms with Crippen LogP contribution in [-0.4, -0.2) is 11.8 Å². The van der Waals surface area contributed by atoms with Gasteiger partial charge in [-0.15, -0.1) is 0 Å². The molecule has 1 unspecified atom stereocenters. The summed E-state index contributed by atoms with van der Waals surface area (Å²) < 4.78 is 13.4. The third-order valence-electron chi connectivity index (χ3n) is 3.27. The summed E-state index contributed by atoms with van der Waals surface area (Å²) in [7, 11) is 0. The average Bonchev–Trinajstić information content (AvgIpc) is 2.40. The molecule has 0 heterocycles. The fraction of sp³-hybridized carbons (Fsp3) is 0.250. The quantitative estimate of drug-likeness (QED) is 0.866. The number of alkyl halides is 1. The Balaban J connectivity index is 2.25. The number of halogens is 2. The first kappa shape index (κ1) is 14.2. The van der Waals surface area contributed by atoms with E-state index in [0.717, 1.165) is 21.2 Å². The van der Waals surface area contributed by atoms with Crippen molar-refractivity contribution in [2.24, 2.45) is 0 Å². The van der Waals surface area contributed by atoms with Crippen molar-refractivity contribution >= 4 is 15.9 Å². The zero-order chi connectivity index (χ0) is 13.9. The standard InChI is InChI=1S/C16H16BrFO/c1-16(19,10-11-18)14-6-2-12(3-7-14)13-4-8-15(17)9-5-13/h2-9,19H,10-11H2,1H3. The van der Waals surface area contributed by atoms with Crippen molar-refractivity contribution in [3.63, 3.8) is 0 Å². The molecule has 0 fully saturated rings. The molecule has 3 heteroatoms. The van der Waals surface area contributed by atoms with Gasteiger partial charge in [0.25, 0.3) is 0 Å². The summed E-state index contributed by atoms with van der Waals surface area (Å²) in [5, 5.41) is 10.1. The van der Waals surface area contributed by atoms with Gasteiger partial charge in [0.2, 0.25) is 0 Å². The van der Waals surface area contributed by atoms with Crippen LogP contribution in [0.3, 0.4) is 0 Å². The van der Waals surface area contributed by atoms with Crippen molar-refractivity contribution in [3.05, 3.63) is 58.6 Å². The van der Waals surface area contributed by atoms with E-state index in [9.17, 15) is 9.50 Å². The lowest BCUT2D eigenvalue weighted by Gasteiger charge is -2.22. The number of hydrogen-bond acceptors (Lipinski definition) is 1. The molecule has 1 nitrogen and oxygen atoms in total. The maximum Gasteiger partial charge on any atom is 0.0925 e. The maximum atomic E-state index is 12.4. The Labute approximate surface area is 121 Å². The second kappa shape index (κ2) is 5.85. The predicted octanol–water partition coefficient (Wildman–Crippen LogP) is 4.68. The molecule has 100 valence electrons. The highest BCUT2D eigenvalue weighted by atomic mass is 79.9. The highest BCUT2D eigenvalue weighted by molar-refractivity contribution is 9.10. The minimum atomic E-state index is -1.10. The van der Waals surface area contributed by atoms with E-state index in [1.807, 2.05) is 48.5 Å². The van der Waals surface area contributed by atoms with Gasteiger partial charge in [-0.3, -0.25) is 4.39 Å². The van der Waals surface area contributed by atoms with Crippen molar-refractivity contribution in [3.8, 4) is 11.1 Å². The minimum absolute atomic E-state index is 0.116. The van der Waals surface area contributed by atoms with Gasteiger partial charge in [-0.1, -0.05) is 52.3 Å². The lowest BCUT2D eigenvalue weighted by molar-refractivity contribution is 0.0408. The largest absolute Gasteiger partial charge is 0.385 e. The average molecular weight is 323 g/mol. The molecule has 0 amide bonds. The van der Waals surface area contributed by atoms with Crippen LogP contribution in [0, 0.1) is 0 Å². The Hall–Kier alpha value is -1.19. The zero-order valence-corrected chi connectivity index (χ0v) is 12.3. The Kier molecular flexibility index (Phi) is 4.38. The van der Waals surface area contributed by atoms with Crippen molar-refractivity contribution in [1.29, 1.82) is 0 Å². The summed E-state index contributed by atoms with van der Waals surface area (Å²) in [5.74, 6) is 0. The Bertz CT molecular complexity index is 532. The monoisotopic (exact) mass is 322 g/mol. The van der Waals surface area contributed by atoms with Gasteiger partial charge in [0, 0.05) is 10.9 Å². The molecule has 2 aromatic rings. The van der Waals surface area contributed by atoms with Crippen LogP contribution in [0.2, 0.25) is 0 Å². The van der Waals surface area contributed by atoms with E-state index in [4.69, 9.17) is 0 Å². The Morgan fingerprint density at radius 1 is 1.00 bits per heavy atom. The van der Waals surface area contributed by atoms with Crippen molar-refractivity contribution in [2.45, 2.75) is 18.9 Å². The van der Waals surface area contributed by atoms with Crippen LogP contribution in [0.15, 0.2) is 53.0 Å². The van der Waals surface area contributed by atoms with Crippen molar-refractivity contribution in [1.82, 2.24) is 0 Å². The SMILES string of the molecule is CC(O)(CCF)c1ccc(-c2ccc(Br)cc2)cc1. The van der Waals surface area contributed by atoms with Crippen molar-refractivity contribution in [2.75, 3.05) is 6.67 Å². The highest BCUT2D eigenvalue weighted by Crippen LogP contribution is 2.28. The van der Waals surface area contributed by atoms with E-state index < -0.39 is 12.3 Å². The normalized spacial score (nSPS) is 14.1.